The Bertz CT molecular complexity index is 1160. The summed E-state index contributed by atoms with van der Waals surface area (Å²) in [6.45, 7) is 4.20. The van der Waals surface area contributed by atoms with Crippen molar-refractivity contribution < 1.29 is 17.6 Å². The van der Waals surface area contributed by atoms with Crippen molar-refractivity contribution in [1.29, 1.82) is 5.26 Å². The minimum atomic E-state index is -3.61. The van der Waals surface area contributed by atoms with Crippen LogP contribution < -0.4 is 4.90 Å². The fraction of sp³-hybridized carbons (Fsp3) is 0.538. The summed E-state index contributed by atoms with van der Waals surface area (Å²) in [4.78, 5) is 15.8. The SMILES string of the molecule is C[C@H]1CCC(C2=CCCC=C2)S(=O)(=O)N1Cc1ccc(N2CCCN(C(=O)CC#N)CC2)cc1F. The van der Waals surface area contributed by atoms with Crippen molar-refractivity contribution in [2.24, 2.45) is 0 Å². The van der Waals surface area contributed by atoms with Gasteiger partial charge in [-0.05, 0) is 56.7 Å². The lowest BCUT2D eigenvalue weighted by molar-refractivity contribution is -0.129. The zero-order valence-corrected chi connectivity index (χ0v) is 21.0. The Morgan fingerprint density at radius 2 is 2.00 bits per heavy atom. The number of carbonyl (C=O) groups is 1. The summed E-state index contributed by atoms with van der Waals surface area (Å²) in [7, 11) is -3.61. The van der Waals surface area contributed by atoms with Gasteiger partial charge in [-0.3, -0.25) is 4.79 Å². The lowest BCUT2D eigenvalue weighted by Gasteiger charge is -2.38. The fourth-order valence-corrected chi connectivity index (χ4v) is 7.40. The summed E-state index contributed by atoms with van der Waals surface area (Å²) in [5.41, 5.74) is 1.93. The third-order valence-electron chi connectivity index (χ3n) is 7.23. The summed E-state index contributed by atoms with van der Waals surface area (Å²) in [6, 6.07) is 6.68. The average Bonchev–Trinajstić information content (AvgIpc) is 3.10. The van der Waals surface area contributed by atoms with Crippen molar-refractivity contribution in [3.63, 3.8) is 0 Å². The molecule has 1 aliphatic carbocycles. The van der Waals surface area contributed by atoms with E-state index in [1.807, 2.05) is 42.2 Å². The largest absolute Gasteiger partial charge is 0.370 e. The van der Waals surface area contributed by atoms with Crippen LogP contribution in [0.5, 0.6) is 0 Å². The monoisotopic (exact) mass is 500 g/mol. The number of allylic oxidation sites excluding steroid dienone is 3. The van der Waals surface area contributed by atoms with Crippen LogP contribution >= 0.6 is 0 Å². The van der Waals surface area contributed by atoms with Gasteiger partial charge in [0.05, 0.1) is 6.07 Å². The fourth-order valence-electron chi connectivity index (χ4n) is 5.19. The molecule has 4 rings (SSSR count). The molecule has 9 heteroatoms. The number of anilines is 1. The van der Waals surface area contributed by atoms with Gasteiger partial charge in [0.1, 0.15) is 17.5 Å². The second kappa shape index (κ2) is 10.9. The average molecular weight is 501 g/mol. The lowest BCUT2D eigenvalue weighted by Crippen LogP contribution is -2.48. The second-order valence-corrected chi connectivity index (χ2v) is 11.6. The smallest absolute Gasteiger partial charge is 0.236 e. The number of benzene rings is 1. The van der Waals surface area contributed by atoms with E-state index in [9.17, 15) is 13.2 Å². The molecule has 2 heterocycles. The number of hydrogen-bond acceptors (Lipinski definition) is 5. The Morgan fingerprint density at radius 3 is 2.71 bits per heavy atom. The lowest BCUT2D eigenvalue weighted by atomic mass is 9.99. The maximum atomic E-state index is 15.2. The topological polar surface area (TPSA) is 84.7 Å². The molecule has 7 nitrogen and oxygen atoms in total. The van der Waals surface area contributed by atoms with Gasteiger partial charge in [0.15, 0.2) is 0 Å². The van der Waals surface area contributed by atoms with Crippen molar-refractivity contribution in [2.45, 2.75) is 63.3 Å². The molecule has 2 fully saturated rings. The first kappa shape index (κ1) is 25.4. The van der Waals surface area contributed by atoms with Crippen LogP contribution in [-0.2, 0) is 21.4 Å². The molecular formula is C26H33FN4O3S. The maximum absolute atomic E-state index is 15.2. The molecule has 0 aromatic heterocycles. The van der Waals surface area contributed by atoms with E-state index in [2.05, 4.69) is 0 Å². The Morgan fingerprint density at radius 1 is 1.17 bits per heavy atom. The molecule has 0 saturated carbocycles. The van der Waals surface area contributed by atoms with Crippen LogP contribution in [0.15, 0.2) is 42.0 Å². The van der Waals surface area contributed by atoms with Gasteiger partial charge in [-0.25, -0.2) is 12.8 Å². The van der Waals surface area contributed by atoms with Crippen LogP contribution in [0, 0.1) is 17.1 Å². The van der Waals surface area contributed by atoms with Gasteiger partial charge < -0.3 is 9.80 Å². The molecule has 35 heavy (non-hydrogen) atoms. The molecule has 3 aliphatic rings. The van der Waals surface area contributed by atoms with Crippen molar-refractivity contribution >= 4 is 21.6 Å². The predicted octanol–water partition coefficient (Wildman–Crippen LogP) is 3.74. The van der Waals surface area contributed by atoms with Crippen molar-refractivity contribution in [2.75, 3.05) is 31.1 Å². The minimum absolute atomic E-state index is 0.0134. The highest BCUT2D eigenvalue weighted by molar-refractivity contribution is 7.90. The molecular weight excluding hydrogens is 467 g/mol. The van der Waals surface area contributed by atoms with Crippen molar-refractivity contribution in [3.8, 4) is 6.07 Å². The Labute approximate surface area is 207 Å². The first-order valence-corrected chi connectivity index (χ1v) is 13.9. The summed E-state index contributed by atoms with van der Waals surface area (Å²) in [6.07, 6.45) is 9.67. The highest BCUT2D eigenvalue weighted by Crippen LogP contribution is 2.34. The molecule has 0 spiro atoms. The van der Waals surface area contributed by atoms with Gasteiger partial charge >= 0.3 is 0 Å². The highest BCUT2D eigenvalue weighted by Gasteiger charge is 2.41. The Hall–Kier alpha value is -2.70. The first-order chi connectivity index (χ1) is 16.8. The Kier molecular flexibility index (Phi) is 7.92. The molecule has 1 aromatic rings. The molecule has 0 N–H and O–H groups in total. The number of amides is 1. The Balaban J connectivity index is 1.48. The van der Waals surface area contributed by atoms with E-state index in [1.54, 1.807) is 11.0 Å². The molecule has 188 valence electrons. The number of nitrogens with zero attached hydrogens (tertiary/aromatic N) is 4. The number of carbonyl (C=O) groups excluding carboxylic acids is 1. The van der Waals surface area contributed by atoms with E-state index in [0.29, 0.717) is 43.9 Å². The maximum Gasteiger partial charge on any atom is 0.236 e. The summed E-state index contributed by atoms with van der Waals surface area (Å²) >= 11 is 0. The highest BCUT2D eigenvalue weighted by atomic mass is 32.2. The third-order valence-corrected chi connectivity index (χ3v) is 9.60. The van der Waals surface area contributed by atoms with Gasteiger partial charge in [-0.2, -0.15) is 9.57 Å². The summed E-state index contributed by atoms with van der Waals surface area (Å²) < 4.78 is 43.7. The van der Waals surface area contributed by atoms with Gasteiger partial charge in [0, 0.05) is 50.0 Å². The normalized spacial score (nSPS) is 25.0. The van der Waals surface area contributed by atoms with Crippen LogP contribution in [0.1, 0.15) is 51.0 Å². The van der Waals surface area contributed by atoms with Crippen LogP contribution in [-0.4, -0.2) is 61.0 Å². The van der Waals surface area contributed by atoms with E-state index in [1.165, 1.54) is 10.4 Å². The van der Waals surface area contributed by atoms with Gasteiger partial charge in [0.25, 0.3) is 0 Å². The van der Waals surface area contributed by atoms with E-state index >= 15 is 4.39 Å². The molecule has 1 aromatic carbocycles. The number of sulfonamides is 1. The number of hydrogen-bond donors (Lipinski definition) is 0. The minimum Gasteiger partial charge on any atom is -0.370 e. The molecule has 0 bridgehead atoms. The molecule has 1 amide bonds. The van der Waals surface area contributed by atoms with Crippen molar-refractivity contribution in [1.82, 2.24) is 9.21 Å². The van der Waals surface area contributed by atoms with Crippen LogP contribution in [0.25, 0.3) is 0 Å². The molecule has 2 saturated heterocycles. The van der Waals surface area contributed by atoms with Crippen molar-refractivity contribution in [3.05, 3.63) is 53.4 Å². The first-order valence-electron chi connectivity index (χ1n) is 12.4. The van der Waals surface area contributed by atoms with Crippen LogP contribution in [0.4, 0.5) is 10.1 Å². The summed E-state index contributed by atoms with van der Waals surface area (Å²) in [5.74, 6) is -0.601. The van der Waals surface area contributed by atoms with Crippen LogP contribution in [0.3, 0.4) is 0 Å². The molecule has 0 radical (unpaired) electrons. The second-order valence-electron chi connectivity index (χ2n) is 9.52. The van der Waals surface area contributed by atoms with E-state index in [0.717, 1.165) is 31.3 Å². The van der Waals surface area contributed by atoms with E-state index in [4.69, 9.17) is 5.26 Å². The van der Waals surface area contributed by atoms with Gasteiger partial charge in [-0.1, -0.05) is 24.3 Å². The van der Waals surface area contributed by atoms with Crippen LogP contribution in [0.2, 0.25) is 0 Å². The zero-order chi connectivity index (χ0) is 25.0. The van der Waals surface area contributed by atoms with E-state index < -0.39 is 21.1 Å². The number of nitriles is 1. The quantitative estimate of drug-likeness (QED) is 0.615. The standard InChI is InChI=1S/C26H33FN4O3S/c1-20-8-11-25(21-6-3-2-4-7-21)35(33,34)31(20)19-22-9-10-23(18-24(22)27)29-14-5-15-30(17-16-29)26(32)12-13-28/h3,6-7,9-10,18,20,25H,2,4-5,8,11-12,14-17,19H2,1H3/t20-,25?/m0/s1. The summed E-state index contributed by atoms with van der Waals surface area (Å²) in [5, 5.41) is 8.21. The molecule has 1 unspecified atom stereocenters. The molecule has 2 atom stereocenters. The van der Waals surface area contributed by atoms with Gasteiger partial charge in [-0.15, -0.1) is 0 Å². The number of rotatable bonds is 5. The van der Waals surface area contributed by atoms with E-state index in [-0.39, 0.29) is 24.9 Å². The van der Waals surface area contributed by atoms with Gasteiger partial charge in [0.2, 0.25) is 15.9 Å². The zero-order valence-electron chi connectivity index (χ0n) is 20.2. The predicted molar refractivity (Wildman–Crippen MR) is 133 cm³/mol. The molecule has 2 aliphatic heterocycles. The third kappa shape index (κ3) is 5.60. The number of halogens is 1.